The predicted molar refractivity (Wildman–Crippen MR) is 255 cm³/mol. The van der Waals surface area contributed by atoms with Crippen LogP contribution in [-0.2, 0) is 0 Å². The van der Waals surface area contributed by atoms with E-state index in [9.17, 15) is 0 Å². The number of nitrogens with zero attached hydrogens (tertiary/aromatic N) is 1. The summed E-state index contributed by atoms with van der Waals surface area (Å²) in [6.45, 7) is 0. The van der Waals surface area contributed by atoms with Crippen LogP contribution >= 0.6 is 0 Å². The second-order valence-corrected chi connectivity index (χ2v) is 15.6. The van der Waals surface area contributed by atoms with Gasteiger partial charge in [0.1, 0.15) is 22.3 Å². The third-order valence-electron chi connectivity index (χ3n) is 12.1. The van der Waals surface area contributed by atoms with E-state index in [2.05, 4.69) is 217 Å². The molecule has 2 aromatic heterocycles. The highest BCUT2D eigenvalue weighted by molar-refractivity contribution is 6.16. The van der Waals surface area contributed by atoms with E-state index >= 15 is 0 Å². The number of hydrogen-bond acceptors (Lipinski definition) is 3. The van der Waals surface area contributed by atoms with Crippen molar-refractivity contribution in [2.45, 2.75) is 0 Å². The Kier molecular flexibility index (Phi) is 8.17. The molecule has 12 aromatic rings. The molecule has 0 aliphatic carbocycles. The molecule has 3 nitrogen and oxygen atoms in total. The van der Waals surface area contributed by atoms with Gasteiger partial charge in [-0.1, -0.05) is 164 Å². The van der Waals surface area contributed by atoms with Crippen LogP contribution in [0, 0.1) is 0 Å². The van der Waals surface area contributed by atoms with E-state index < -0.39 is 0 Å². The maximum atomic E-state index is 6.79. The zero-order valence-corrected chi connectivity index (χ0v) is 33.1. The van der Waals surface area contributed by atoms with Gasteiger partial charge in [0.15, 0.2) is 0 Å². The van der Waals surface area contributed by atoms with Crippen molar-refractivity contribution in [2.24, 2.45) is 0 Å². The van der Waals surface area contributed by atoms with Crippen molar-refractivity contribution < 1.29 is 8.83 Å². The van der Waals surface area contributed by atoms with Gasteiger partial charge in [-0.3, -0.25) is 0 Å². The molecule has 0 N–H and O–H groups in total. The van der Waals surface area contributed by atoms with Gasteiger partial charge in [0, 0.05) is 27.5 Å². The molecule has 2 heterocycles. The van der Waals surface area contributed by atoms with Crippen LogP contribution in [-0.4, -0.2) is 0 Å². The number of hydrogen-bond donors (Lipinski definition) is 0. The third kappa shape index (κ3) is 5.90. The van der Waals surface area contributed by atoms with E-state index in [1.807, 2.05) is 12.1 Å². The largest absolute Gasteiger partial charge is 0.456 e. The number of anilines is 3. The van der Waals surface area contributed by atoms with Crippen LogP contribution in [0.1, 0.15) is 0 Å². The molecule has 10 aromatic carbocycles. The summed E-state index contributed by atoms with van der Waals surface area (Å²) in [6, 6.07) is 79.8. The van der Waals surface area contributed by atoms with E-state index in [1.165, 1.54) is 33.0 Å². The molecule has 3 heteroatoms. The molecule has 0 saturated heterocycles. The summed E-state index contributed by atoms with van der Waals surface area (Å²) in [5.41, 5.74) is 15.9. The highest BCUT2D eigenvalue weighted by Crippen LogP contribution is 2.46. The summed E-state index contributed by atoms with van der Waals surface area (Å²) in [7, 11) is 0. The molecule has 0 aliphatic rings. The van der Waals surface area contributed by atoms with Gasteiger partial charge in [0.25, 0.3) is 0 Å². The van der Waals surface area contributed by atoms with E-state index in [-0.39, 0.29) is 0 Å². The molecule has 286 valence electrons. The summed E-state index contributed by atoms with van der Waals surface area (Å²) in [4.78, 5) is 2.36. The summed E-state index contributed by atoms with van der Waals surface area (Å²) >= 11 is 0. The van der Waals surface area contributed by atoms with Gasteiger partial charge in [-0.15, -0.1) is 0 Å². The predicted octanol–water partition coefficient (Wildman–Crippen LogP) is 16.8. The van der Waals surface area contributed by atoms with Crippen molar-refractivity contribution in [2.75, 3.05) is 4.90 Å². The molecular weight excluding hydrogens is 743 g/mol. The molecule has 0 saturated carbocycles. The van der Waals surface area contributed by atoms with Crippen molar-refractivity contribution in [3.63, 3.8) is 0 Å². The minimum absolute atomic E-state index is 0.839. The van der Waals surface area contributed by atoms with Crippen LogP contribution in [0.5, 0.6) is 0 Å². The first kappa shape index (κ1) is 34.9. The highest BCUT2D eigenvalue weighted by atomic mass is 16.3. The number of benzene rings is 10. The first-order chi connectivity index (χ1) is 30.2. The topological polar surface area (TPSA) is 29.5 Å². The van der Waals surface area contributed by atoms with Crippen molar-refractivity contribution in [3.05, 3.63) is 224 Å². The fourth-order valence-electron chi connectivity index (χ4n) is 9.26. The fraction of sp³-hybridized carbons (Fsp3) is 0. The van der Waals surface area contributed by atoms with E-state index in [4.69, 9.17) is 8.83 Å². The molecule has 0 spiro atoms. The Balaban J connectivity index is 0.998. The van der Waals surface area contributed by atoms with Gasteiger partial charge in [-0.25, -0.2) is 0 Å². The van der Waals surface area contributed by atoms with Crippen molar-refractivity contribution in [3.8, 4) is 44.5 Å². The summed E-state index contributed by atoms with van der Waals surface area (Å²) in [5.74, 6) is 0. The maximum Gasteiger partial charge on any atom is 0.137 e. The number of furan rings is 2. The van der Waals surface area contributed by atoms with E-state index in [1.54, 1.807) is 0 Å². The summed E-state index contributed by atoms with van der Waals surface area (Å²) < 4.78 is 13.1. The number of fused-ring (bicyclic) bond motifs is 7. The van der Waals surface area contributed by atoms with Crippen molar-refractivity contribution in [1.82, 2.24) is 0 Å². The zero-order valence-electron chi connectivity index (χ0n) is 33.1. The lowest BCUT2D eigenvalue weighted by Gasteiger charge is -2.26. The molecule has 0 fully saturated rings. The van der Waals surface area contributed by atoms with Crippen LogP contribution in [0.25, 0.3) is 99.2 Å². The fourth-order valence-corrected chi connectivity index (χ4v) is 9.26. The first-order valence-electron chi connectivity index (χ1n) is 20.7. The Labute approximate surface area is 353 Å². The molecule has 0 amide bonds. The Morgan fingerprint density at radius 2 is 0.803 bits per heavy atom. The van der Waals surface area contributed by atoms with Crippen LogP contribution in [0.3, 0.4) is 0 Å². The van der Waals surface area contributed by atoms with Gasteiger partial charge in [0.2, 0.25) is 0 Å². The molecular formula is C58H37NO2. The quantitative estimate of drug-likeness (QED) is 0.161. The Morgan fingerprint density at radius 3 is 1.62 bits per heavy atom. The highest BCUT2D eigenvalue weighted by Gasteiger charge is 2.21. The Bertz CT molecular complexity index is 3570. The maximum absolute atomic E-state index is 6.79. The zero-order chi connectivity index (χ0) is 40.3. The summed E-state index contributed by atoms with van der Waals surface area (Å²) in [6.07, 6.45) is 0. The van der Waals surface area contributed by atoms with Crippen LogP contribution < -0.4 is 4.90 Å². The third-order valence-corrected chi connectivity index (χ3v) is 12.1. The van der Waals surface area contributed by atoms with Gasteiger partial charge < -0.3 is 13.7 Å². The SMILES string of the molecule is c1ccc(-c2ccc(N(c3ccc(-c4cccc5ccccc45)cc3)c3cccc4oc5cc(-c6ccccc6-c6cccc7oc8ccccc8c67)ccc5c34)cc2)cc1. The minimum atomic E-state index is 0.839. The second-order valence-electron chi connectivity index (χ2n) is 15.6. The van der Waals surface area contributed by atoms with Crippen LogP contribution in [0.2, 0.25) is 0 Å². The molecule has 0 bridgehead atoms. The van der Waals surface area contributed by atoms with E-state index in [0.29, 0.717) is 0 Å². The van der Waals surface area contributed by atoms with Crippen LogP contribution in [0.4, 0.5) is 17.1 Å². The standard InChI is InChI=1S/C58H37NO2/c1-2-13-38(14-3-1)39-27-32-43(33-28-39)59(44-34-29-41(30-35-44)46-21-10-16-40-15-4-5-17-45(40)46)52-23-12-26-55-58(52)51-36-31-42(37-56(51)61-55)47-18-6-7-19-48(47)49-22-11-25-54-57(49)50-20-8-9-24-53(50)60-54/h1-37H. The minimum Gasteiger partial charge on any atom is -0.456 e. The van der Waals surface area contributed by atoms with Gasteiger partial charge in [0.05, 0.1) is 11.1 Å². The van der Waals surface area contributed by atoms with Crippen LogP contribution in [0.15, 0.2) is 233 Å². The lowest BCUT2D eigenvalue weighted by atomic mass is 9.91. The Hall–Kier alpha value is -8.14. The monoisotopic (exact) mass is 779 g/mol. The molecule has 0 aliphatic heterocycles. The average molecular weight is 780 g/mol. The number of rotatable bonds is 7. The van der Waals surface area contributed by atoms with Crippen molar-refractivity contribution in [1.29, 1.82) is 0 Å². The smallest absolute Gasteiger partial charge is 0.137 e. The van der Waals surface area contributed by atoms with Gasteiger partial charge in [-0.2, -0.15) is 0 Å². The normalized spacial score (nSPS) is 11.6. The molecule has 12 rings (SSSR count). The molecule has 0 radical (unpaired) electrons. The average Bonchev–Trinajstić information content (AvgIpc) is 3.91. The van der Waals surface area contributed by atoms with Crippen molar-refractivity contribution >= 4 is 71.7 Å². The molecule has 0 unspecified atom stereocenters. The Morgan fingerprint density at radius 1 is 0.279 bits per heavy atom. The molecule has 0 atom stereocenters. The second kappa shape index (κ2) is 14.3. The molecule has 61 heavy (non-hydrogen) atoms. The number of para-hydroxylation sites is 1. The first-order valence-corrected chi connectivity index (χ1v) is 20.7. The van der Waals surface area contributed by atoms with Gasteiger partial charge >= 0.3 is 0 Å². The summed E-state index contributed by atoms with van der Waals surface area (Å²) in [5, 5.41) is 6.85. The lowest BCUT2D eigenvalue weighted by Crippen LogP contribution is -2.10. The lowest BCUT2D eigenvalue weighted by molar-refractivity contribution is 0.668. The van der Waals surface area contributed by atoms with E-state index in [0.717, 1.165) is 83.2 Å². The van der Waals surface area contributed by atoms with Gasteiger partial charge in [-0.05, 0) is 116 Å².